The molecule has 198 valence electrons. The van der Waals surface area contributed by atoms with E-state index in [0.717, 1.165) is 32.6 Å². The Balaban J connectivity index is 1.50. The second kappa shape index (κ2) is 12.1. The number of carbonyl (C=O) groups is 2. The molecule has 4 rings (SSSR count). The number of nitrogens with one attached hydrogen (secondary N) is 3. The van der Waals surface area contributed by atoms with E-state index in [1.54, 1.807) is 18.3 Å². The summed E-state index contributed by atoms with van der Waals surface area (Å²) in [5.41, 5.74) is 2.27. The van der Waals surface area contributed by atoms with Crippen LogP contribution in [0.4, 0.5) is 21.7 Å². The van der Waals surface area contributed by atoms with Crippen molar-refractivity contribution in [3.63, 3.8) is 0 Å². The molecule has 0 atom stereocenters. The minimum atomic E-state index is -0.805. The minimum absolute atomic E-state index is 0.131. The van der Waals surface area contributed by atoms with Crippen LogP contribution in [0.15, 0.2) is 30.7 Å². The SMILES string of the molecule is CC(C)N(CCCCC(=O)O)Cc1cc(N/C=C2\C(=O)Nc3ncnc(N4CCNCC4)c32)ccc1F. The molecule has 1 aromatic heterocycles. The Kier molecular flexibility index (Phi) is 8.67. The highest BCUT2D eigenvalue weighted by molar-refractivity contribution is 6.32. The van der Waals surface area contributed by atoms with Gasteiger partial charge >= 0.3 is 5.97 Å². The Morgan fingerprint density at radius 3 is 2.78 bits per heavy atom. The van der Waals surface area contributed by atoms with Gasteiger partial charge in [0.25, 0.3) is 5.91 Å². The summed E-state index contributed by atoms with van der Waals surface area (Å²) in [5, 5.41) is 18.1. The predicted molar refractivity (Wildman–Crippen MR) is 141 cm³/mol. The summed E-state index contributed by atoms with van der Waals surface area (Å²) in [7, 11) is 0. The molecule has 1 fully saturated rings. The highest BCUT2D eigenvalue weighted by atomic mass is 19.1. The molecular formula is C26H34FN7O3. The second-order valence-electron chi connectivity index (χ2n) is 9.54. The highest BCUT2D eigenvalue weighted by Crippen LogP contribution is 2.36. The van der Waals surface area contributed by atoms with Crippen molar-refractivity contribution >= 4 is 34.8 Å². The molecule has 1 saturated heterocycles. The number of fused-ring (bicyclic) bond motifs is 1. The Hall–Kier alpha value is -3.57. The zero-order chi connectivity index (χ0) is 26.4. The van der Waals surface area contributed by atoms with Crippen LogP contribution >= 0.6 is 0 Å². The fourth-order valence-electron chi connectivity index (χ4n) is 4.53. The van der Waals surface area contributed by atoms with Gasteiger partial charge in [0.1, 0.15) is 23.8 Å². The zero-order valence-corrected chi connectivity index (χ0v) is 21.3. The molecule has 3 heterocycles. The molecule has 0 saturated carbocycles. The number of amides is 1. The molecule has 0 radical (unpaired) electrons. The van der Waals surface area contributed by atoms with Crippen molar-refractivity contribution in [3.8, 4) is 0 Å². The molecule has 2 aromatic rings. The van der Waals surface area contributed by atoms with Crippen LogP contribution in [0, 0.1) is 5.82 Å². The normalized spacial score (nSPS) is 16.4. The van der Waals surface area contributed by atoms with E-state index in [9.17, 15) is 14.0 Å². The second-order valence-corrected chi connectivity index (χ2v) is 9.54. The van der Waals surface area contributed by atoms with E-state index in [4.69, 9.17) is 5.11 Å². The Bertz CT molecular complexity index is 1160. The maximum atomic E-state index is 14.7. The summed E-state index contributed by atoms with van der Waals surface area (Å²) in [6, 6.07) is 4.96. The summed E-state index contributed by atoms with van der Waals surface area (Å²) >= 11 is 0. The van der Waals surface area contributed by atoms with Crippen molar-refractivity contribution in [3.05, 3.63) is 47.7 Å². The topological polar surface area (TPSA) is 123 Å². The van der Waals surface area contributed by atoms with Crippen LogP contribution in [-0.2, 0) is 16.1 Å². The summed E-state index contributed by atoms with van der Waals surface area (Å²) in [4.78, 5) is 36.5. The molecule has 2 aliphatic heterocycles. The van der Waals surface area contributed by atoms with E-state index in [2.05, 4.69) is 35.7 Å². The first-order valence-electron chi connectivity index (χ1n) is 12.7. The maximum Gasteiger partial charge on any atom is 0.303 e. The van der Waals surface area contributed by atoms with Gasteiger partial charge in [-0.25, -0.2) is 14.4 Å². The molecule has 0 aliphatic carbocycles. The number of carbonyl (C=O) groups excluding carboxylic acids is 1. The quantitative estimate of drug-likeness (QED) is 0.266. The van der Waals surface area contributed by atoms with Gasteiger partial charge in [-0.15, -0.1) is 0 Å². The molecule has 1 amide bonds. The number of halogens is 1. The lowest BCUT2D eigenvalue weighted by Gasteiger charge is -2.29. The summed E-state index contributed by atoms with van der Waals surface area (Å²) in [6.45, 7) is 8.38. The van der Waals surface area contributed by atoms with Crippen LogP contribution in [-0.4, -0.2) is 70.6 Å². The molecule has 37 heavy (non-hydrogen) atoms. The number of carboxylic acid groups (broad SMARTS) is 1. The van der Waals surface area contributed by atoms with Crippen molar-refractivity contribution in [2.75, 3.05) is 48.3 Å². The third kappa shape index (κ3) is 6.60. The van der Waals surface area contributed by atoms with Gasteiger partial charge in [-0.05, 0) is 51.4 Å². The first kappa shape index (κ1) is 26.5. The standard InChI is InChI=1S/C26H34FN7O3/c1-17(2)34(10-4-3-5-22(35)36)15-18-13-19(6-7-21(18)27)29-14-20-23-24(32-26(20)37)30-16-31-25(23)33-11-8-28-9-12-33/h6-7,13-14,16-17,28-29H,3-5,8-12,15H2,1-2H3,(H,35,36)(H,30,31,32,37)/b20-14-. The fraction of sp³-hybridized carbons (Fsp3) is 0.462. The van der Waals surface area contributed by atoms with Gasteiger partial charge in [-0.3, -0.25) is 14.5 Å². The lowest BCUT2D eigenvalue weighted by atomic mass is 10.1. The zero-order valence-electron chi connectivity index (χ0n) is 21.3. The molecule has 0 bridgehead atoms. The number of aromatic nitrogens is 2. The number of nitrogens with zero attached hydrogens (tertiary/aromatic N) is 4. The number of benzene rings is 1. The average Bonchev–Trinajstić information content (AvgIpc) is 3.21. The van der Waals surface area contributed by atoms with Gasteiger partial charge in [0.05, 0.1) is 11.1 Å². The number of carboxylic acids is 1. The van der Waals surface area contributed by atoms with Crippen molar-refractivity contribution in [1.29, 1.82) is 0 Å². The first-order chi connectivity index (χ1) is 17.8. The third-order valence-electron chi connectivity index (χ3n) is 6.61. The van der Waals surface area contributed by atoms with Crippen LogP contribution in [0.25, 0.3) is 5.57 Å². The average molecular weight is 512 g/mol. The van der Waals surface area contributed by atoms with E-state index in [1.807, 2.05) is 13.8 Å². The fourth-order valence-corrected chi connectivity index (χ4v) is 4.53. The molecule has 0 spiro atoms. The van der Waals surface area contributed by atoms with Gasteiger partial charge in [0.2, 0.25) is 0 Å². The monoisotopic (exact) mass is 511 g/mol. The van der Waals surface area contributed by atoms with Crippen LogP contribution in [0.3, 0.4) is 0 Å². The largest absolute Gasteiger partial charge is 0.481 e. The van der Waals surface area contributed by atoms with Gasteiger partial charge in [-0.1, -0.05) is 0 Å². The maximum absolute atomic E-state index is 14.7. The number of rotatable bonds is 11. The number of hydrogen-bond acceptors (Lipinski definition) is 8. The van der Waals surface area contributed by atoms with Crippen LogP contribution in [0.1, 0.15) is 44.2 Å². The van der Waals surface area contributed by atoms with E-state index in [0.29, 0.717) is 53.5 Å². The molecule has 0 unspecified atom stereocenters. The number of aliphatic carboxylic acids is 1. The van der Waals surface area contributed by atoms with E-state index in [1.165, 1.54) is 12.4 Å². The van der Waals surface area contributed by atoms with Gasteiger partial charge in [-0.2, -0.15) is 0 Å². The van der Waals surface area contributed by atoms with E-state index >= 15 is 0 Å². The summed E-state index contributed by atoms with van der Waals surface area (Å²) < 4.78 is 14.7. The lowest BCUT2D eigenvalue weighted by Crippen LogP contribution is -2.44. The van der Waals surface area contributed by atoms with Crippen LogP contribution in [0.5, 0.6) is 0 Å². The van der Waals surface area contributed by atoms with Crippen molar-refractivity contribution in [2.45, 2.75) is 45.7 Å². The third-order valence-corrected chi connectivity index (χ3v) is 6.61. The number of piperazine rings is 1. The molecule has 10 nitrogen and oxygen atoms in total. The number of unbranched alkanes of at least 4 members (excludes halogenated alkanes) is 1. The molecular weight excluding hydrogens is 477 g/mol. The number of hydrogen-bond donors (Lipinski definition) is 4. The van der Waals surface area contributed by atoms with Crippen molar-refractivity contribution in [1.82, 2.24) is 20.2 Å². The Morgan fingerprint density at radius 1 is 1.27 bits per heavy atom. The molecule has 11 heteroatoms. The van der Waals surface area contributed by atoms with E-state index < -0.39 is 5.97 Å². The molecule has 2 aliphatic rings. The Labute approximate surface area is 216 Å². The van der Waals surface area contributed by atoms with Crippen LogP contribution < -0.4 is 20.9 Å². The molecule has 4 N–H and O–H groups in total. The van der Waals surface area contributed by atoms with Crippen molar-refractivity contribution < 1.29 is 19.1 Å². The smallest absolute Gasteiger partial charge is 0.303 e. The van der Waals surface area contributed by atoms with Crippen LogP contribution in [0.2, 0.25) is 0 Å². The summed E-state index contributed by atoms with van der Waals surface area (Å²) in [5.74, 6) is -0.188. The molecule has 1 aromatic carbocycles. The summed E-state index contributed by atoms with van der Waals surface area (Å²) in [6.07, 6.45) is 4.52. The van der Waals surface area contributed by atoms with E-state index in [-0.39, 0.29) is 24.2 Å². The predicted octanol–water partition coefficient (Wildman–Crippen LogP) is 2.90. The van der Waals surface area contributed by atoms with Gasteiger partial charge in [0, 0.05) is 62.6 Å². The Morgan fingerprint density at radius 2 is 2.05 bits per heavy atom. The van der Waals surface area contributed by atoms with Gasteiger partial charge < -0.3 is 26.0 Å². The van der Waals surface area contributed by atoms with Gasteiger partial charge in [0.15, 0.2) is 0 Å². The lowest BCUT2D eigenvalue weighted by molar-refractivity contribution is -0.137. The highest BCUT2D eigenvalue weighted by Gasteiger charge is 2.31. The number of anilines is 3. The first-order valence-corrected chi connectivity index (χ1v) is 12.7. The van der Waals surface area contributed by atoms with Crippen molar-refractivity contribution in [2.24, 2.45) is 0 Å². The minimum Gasteiger partial charge on any atom is -0.481 e.